The van der Waals surface area contributed by atoms with Crippen LogP contribution >= 0.6 is 0 Å². The molecule has 3 heterocycles. The SMILES string of the molecule is Cc1c2c(cc3c1N(CC1COCCO1)CCO3)CCN(C(=O)OC(C)(C)C)CC2. The molecule has 1 fully saturated rings. The van der Waals surface area contributed by atoms with Gasteiger partial charge in [-0.05, 0) is 63.3 Å². The van der Waals surface area contributed by atoms with Crippen molar-refractivity contribution in [2.45, 2.75) is 52.2 Å². The fourth-order valence-corrected chi connectivity index (χ4v) is 4.53. The summed E-state index contributed by atoms with van der Waals surface area (Å²) in [4.78, 5) is 16.8. The van der Waals surface area contributed by atoms with Crippen molar-refractivity contribution >= 4 is 11.8 Å². The Morgan fingerprint density at radius 3 is 2.70 bits per heavy atom. The van der Waals surface area contributed by atoms with E-state index in [4.69, 9.17) is 18.9 Å². The van der Waals surface area contributed by atoms with Crippen LogP contribution < -0.4 is 9.64 Å². The van der Waals surface area contributed by atoms with Crippen LogP contribution in [0.1, 0.15) is 37.5 Å². The third-order valence-electron chi connectivity index (χ3n) is 5.91. The maximum absolute atomic E-state index is 12.6. The highest BCUT2D eigenvalue weighted by atomic mass is 16.6. The first-order valence-corrected chi connectivity index (χ1v) is 11.0. The molecule has 4 rings (SSSR count). The van der Waals surface area contributed by atoms with Gasteiger partial charge in [-0.2, -0.15) is 0 Å². The van der Waals surface area contributed by atoms with Gasteiger partial charge < -0.3 is 28.7 Å². The van der Waals surface area contributed by atoms with Crippen LogP contribution in [0.2, 0.25) is 0 Å². The van der Waals surface area contributed by atoms with Crippen molar-refractivity contribution < 1.29 is 23.7 Å². The van der Waals surface area contributed by atoms with E-state index in [0.717, 1.165) is 31.7 Å². The summed E-state index contributed by atoms with van der Waals surface area (Å²) in [5.74, 6) is 0.944. The van der Waals surface area contributed by atoms with E-state index in [1.54, 1.807) is 0 Å². The van der Waals surface area contributed by atoms with Crippen molar-refractivity contribution in [1.29, 1.82) is 0 Å². The zero-order valence-electron chi connectivity index (χ0n) is 18.7. The van der Waals surface area contributed by atoms with E-state index in [0.29, 0.717) is 39.5 Å². The molecule has 1 aromatic carbocycles. The summed E-state index contributed by atoms with van der Waals surface area (Å²) >= 11 is 0. The maximum atomic E-state index is 12.6. The zero-order chi connectivity index (χ0) is 21.3. The molecule has 1 atom stereocenters. The predicted octanol–water partition coefficient (Wildman–Crippen LogP) is 2.94. The molecular weight excluding hydrogens is 384 g/mol. The topological polar surface area (TPSA) is 60.5 Å². The van der Waals surface area contributed by atoms with Gasteiger partial charge in [0.15, 0.2) is 0 Å². The average molecular weight is 419 g/mol. The summed E-state index contributed by atoms with van der Waals surface area (Å²) in [6, 6.07) is 2.18. The number of ether oxygens (including phenoxy) is 4. The lowest BCUT2D eigenvalue weighted by Gasteiger charge is -2.37. The molecule has 1 saturated heterocycles. The van der Waals surface area contributed by atoms with Crippen LogP contribution in [0.25, 0.3) is 0 Å². The van der Waals surface area contributed by atoms with Crippen LogP contribution in [-0.4, -0.2) is 75.3 Å². The molecule has 0 bridgehead atoms. The quantitative estimate of drug-likeness (QED) is 0.736. The maximum Gasteiger partial charge on any atom is 0.410 e. The summed E-state index contributed by atoms with van der Waals surface area (Å²) in [6.45, 7) is 13.5. The highest BCUT2D eigenvalue weighted by molar-refractivity contribution is 5.71. The number of fused-ring (bicyclic) bond motifs is 2. The Balaban J connectivity index is 1.54. The minimum Gasteiger partial charge on any atom is -0.490 e. The van der Waals surface area contributed by atoms with Crippen LogP contribution in [0.15, 0.2) is 6.07 Å². The van der Waals surface area contributed by atoms with Crippen LogP contribution in [0, 0.1) is 6.92 Å². The number of anilines is 1. The monoisotopic (exact) mass is 418 g/mol. The molecule has 0 radical (unpaired) electrons. The molecular formula is C23H34N2O5. The molecule has 7 heteroatoms. The molecule has 7 nitrogen and oxygen atoms in total. The smallest absolute Gasteiger partial charge is 0.410 e. The number of hydrogen-bond acceptors (Lipinski definition) is 6. The van der Waals surface area contributed by atoms with Gasteiger partial charge in [0.2, 0.25) is 0 Å². The second-order valence-corrected chi connectivity index (χ2v) is 9.32. The predicted molar refractivity (Wildman–Crippen MR) is 115 cm³/mol. The molecule has 3 aliphatic heterocycles. The first-order valence-electron chi connectivity index (χ1n) is 11.0. The molecule has 1 amide bonds. The third-order valence-corrected chi connectivity index (χ3v) is 5.91. The lowest BCUT2D eigenvalue weighted by molar-refractivity contribution is -0.0842. The summed E-state index contributed by atoms with van der Waals surface area (Å²) in [5.41, 5.74) is 4.54. The lowest BCUT2D eigenvalue weighted by atomic mass is 9.94. The number of hydrogen-bond donors (Lipinski definition) is 0. The summed E-state index contributed by atoms with van der Waals surface area (Å²) in [6.07, 6.45) is 1.49. The summed E-state index contributed by atoms with van der Waals surface area (Å²) < 4.78 is 23.1. The minimum absolute atomic E-state index is 0.0885. The average Bonchev–Trinajstić information content (AvgIpc) is 2.91. The second kappa shape index (κ2) is 8.63. The van der Waals surface area contributed by atoms with Crippen LogP contribution in [-0.2, 0) is 27.1 Å². The van der Waals surface area contributed by atoms with E-state index < -0.39 is 5.60 Å². The van der Waals surface area contributed by atoms with Gasteiger partial charge in [-0.3, -0.25) is 0 Å². The number of nitrogens with zero attached hydrogens (tertiary/aromatic N) is 2. The highest BCUT2D eigenvalue weighted by Gasteiger charge is 2.30. The Morgan fingerprint density at radius 2 is 1.97 bits per heavy atom. The molecule has 0 spiro atoms. The Kier molecular flexibility index (Phi) is 6.11. The Labute approximate surface area is 179 Å². The number of rotatable bonds is 2. The number of benzene rings is 1. The van der Waals surface area contributed by atoms with Crippen LogP contribution in [0.3, 0.4) is 0 Å². The van der Waals surface area contributed by atoms with Gasteiger partial charge in [0.1, 0.15) is 18.0 Å². The van der Waals surface area contributed by atoms with E-state index in [1.807, 2.05) is 25.7 Å². The first kappa shape index (κ1) is 21.2. The molecule has 1 unspecified atom stereocenters. The normalized spacial score (nSPS) is 21.9. The zero-order valence-corrected chi connectivity index (χ0v) is 18.7. The number of carbonyl (C=O) groups is 1. The van der Waals surface area contributed by atoms with Crippen molar-refractivity contribution in [3.05, 3.63) is 22.8 Å². The van der Waals surface area contributed by atoms with Crippen molar-refractivity contribution in [3.63, 3.8) is 0 Å². The van der Waals surface area contributed by atoms with Gasteiger partial charge in [0, 0.05) is 19.6 Å². The van der Waals surface area contributed by atoms with Crippen molar-refractivity contribution in [1.82, 2.24) is 4.90 Å². The molecule has 0 aromatic heterocycles. The lowest BCUT2D eigenvalue weighted by Crippen LogP contribution is -2.43. The van der Waals surface area contributed by atoms with Gasteiger partial charge in [-0.1, -0.05) is 0 Å². The van der Waals surface area contributed by atoms with E-state index in [1.165, 1.54) is 22.4 Å². The van der Waals surface area contributed by atoms with E-state index in [9.17, 15) is 4.79 Å². The van der Waals surface area contributed by atoms with E-state index >= 15 is 0 Å². The van der Waals surface area contributed by atoms with Gasteiger partial charge >= 0.3 is 6.09 Å². The first-order chi connectivity index (χ1) is 14.3. The second-order valence-electron chi connectivity index (χ2n) is 9.32. The summed E-state index contributed by atoms with van der Waals surface area (Å²) in [5, 5.41) is 0. The van der Waals surface area contributed by atoms with Gasteiger partial charge in [0.05, 0.1) is 38.2 Å². The minimum atomic E-state index is -0.482. The molecule has 0 saturated carbocycles. The Hall–Kier alpha value is -1.99. The molecule has 30 heavy (non-hydrogen) atoms. The van der Waals surface area contributed by atoms with Crippen LogP contribution in [0.5, 0.6) is 5.75 Å². The molecule has 166 valence electrons. The van der Waals surface area contributed by atoms with Crippen molar-refractivity contribution in [2.75, 3.05) is 57.5 Å². The highest BCUT2D eigenvalue weighted by Crippen LogP contribution is 2.40. The van der Waals surface area contributed by atoms with Gasteiger partial charge in [-0.15, -0.1) is 0 Å². The van der Waals surface area contributed by atoms with Crippen LogP contribution in [0.4, 0.5) is 10.5 Å². The fourth-order valence-electron chi connectivity index (χ4n) is 4.53. The standard InChI is InChI=1S/C23H34N2O5/c1-16-19-6-8-24(22(26)30-23(2,3)4)7-5-17(19)13-20-21(16)25(9-10-29-20)14-18-15-27-11-12-28-18/h13,18H,5-12,14-15H2,1-4H3. The molecule has 3 aliphatic rings. The molecule has 0 N–H and O–H groups in total. The molecule has 0 aliphatic carbocycles. The van der Waals surface area contributed by atoms with Crippen molar-refractivity contribution in [2.24, 2.45) is 0 Å². The van der Waals surface area contributed by atoms with Crippen molar-refractivity contribution in [3.8, 4) is 5.75 Å². The third kappa shape index (κ3) is 4.67. The molecule has 1 aromatic rings. The van der Waals surface area contributed by atoms with E-state index in [2.05, 4.69) is 17.9 Å². The Bertz CT molecular complexity index is 783. The number of carbonyl (C=O) groups excluding carboxylic acids is 1. The van der Waals surface area contributed by atoms with Gasteiger partial charge in [0.25, 0.3) is 0 Å². The van der Waals surface area contributed by atoms with E-state index in [-0.39, 0.29) is 12.2 Å². The fraction of sp³-hybridized carbons (Fsp3) is 0.696. The number of amides is 1. The summed E-state index contributed by atoms with van der Waals surface area (Å²) in [7, 11) is 0. The Morgan fingerprint density at radius 1 is 1.17 bits per heavy atom. The largest absolute Gasteiger partial charge is 0.490 e. The van der Waals surface area contributed by atoms with Gasteiger partial charge in [-0.25, -0.2) is 4.79 Å².